The second kappa shape index (κ2) is 8.36. The van der Waals surface area contributed by atoms with E-state index in [1.165, 1.54) is 21.3 Å². The highest BCUT2D eigenvalue weighted by Gasteiger charge is 2.22. The molecule has 0 fully saturated rings. The highest BCUT2D eigenvalue weighted by atomic mass is 16.7. The first-order chi connectivity index (χ1) is 12.0. The van der Waals surface area contributed by atoms with Gasteiger partial charge < -0.3 is 19.9 Å². The van der Waals surface area contributed by atoms with Crippen LogP contribution < -0.4 is 15.2 Å². The van der Waals surface area contributed by atoms with E-state index in [0.717, 1.165) is 5.06 Å². The van der Waals surface area contributed by atoms with Crippen LogP contribution in [-0.2, 0) is 9.57 Å². The standard InChI is InChI=1S/C18H22N2O5/c1-20(24-4)18(21)14-10-12(19)8-9-13(14)17-15(23-3)6-5-7-16(17)25-11-22-2/h5-10H,11,19H2,1-4H3. The van der Waals surface area contributed by atoms with Crippen LogP contribution in [0.5, 0.6) is 11.5 Å². The molecular formula is C18H22N2O5. The number of methoxy groups -OCH3 is 2. The lowest BCUT2D eigenvalue weighted by Crippen LogP contribution is -2.26. The van der Waals surface area contributed by atoms with Gasteiger partial charge >= 0.3 is 0 Å². The molecule has 0 bridgehead atoms. The Morgan fingerprint density at radius 2 is 1.84 bits per heavy atom. The van der Waals surface area contributed by atoms with Crippen LogP contribution in [0.3, 0.4) is 0 Å². The summed E-state index contributed by atoms with van der Waals surface area (Å²) in [7, 11) is 6.03. The van der Waals surface area contributed by atoms with Gasteiger partial charge in [0.25, 0.3) is 5.91 Å². The summed E-state index contributed by atoms with van der Waals surface area (Å²) in [6, 6.07) is 10.4. The molecule has 0 radical (unpaired) electrons. The Balaban J connectivity index is 2.67. The molecule has 2 aromatic carbocycles. The Hall–Kier alpha value is -2.77. The van der Waals surface area contributed by atoms with Gasteiger partial charge in [0.15, 0.2) is 6.79 Å². The van der Waals surface area contributed by atoms with Crippen molar-refractivity contribution in [3.8, 4) is 22.6 Å². The number of nitrogen functional groups attached to an aromatic ring is 1. The highest BCUT2D eigenvalue weighted by molar-refractivity contribution is 6.02. The van der Waals surface area contributed by atoms with Crippen LogP contribution in [0.1, 0.15) is 10.4 Å². The first kappa shape index (κ1) is 18.6. The molecule has 2 rings (SSSR count). The fourth-order valence-corrected chi connectivity index (χ4v) is 2.40. The Morgan fingerprint density at radius 1 is 1.12 bits per heavy atom. The molecule has 1 amide bonds. The van der Waals surface area contributed by atoms with Crippen molar-refractivity contribution < 1.29 is 23.8 Å². The number of hydrogen-bond acceptors (Lipinski definition) is 6. The number of carbonyl (C=O) groups is 1. The van der Waals surface area contributed by atoms with Crippen LogP contribution in [0.4, 0.5) is 5.69 Å². The van der Waals surface area contributed by atoms with E-state index in [4.69, 9.17) is 24.8 Å². The number of benzene rings is 2. The van der Waals surface area contributed by atoms with E-state index in [2.05, 4.69) is 0 Å². The molecule has 0 heterocycles. The summed E-state index contributed by atoms with van der Waals surface area (Å²) in [6.45, 7) is 0.0659. The van der Waals surface area contributed by atoms with E-state index in [1.54, 1.807) is 43.5 Å². The number of carbonyl (C=O) groups excluding carboxylic acids is 1. The van der Waals surface area contributed by atoms with Gasteiger partial charge in [-0.15, -0.1) is 0 Å². The van der Waals surface area contributed by atoms with E-state index in [-0.39, 0.29) is 12.7 Å². The third-order valence-corrected chi connectivity index (χ3v) is 3.64. The van der Waals surface area contributed by atoms with Crippen molar-refractivity contribution in [2.24, 2.45) is 0 Å². The lowest BCUT2D eigenvalue weighted by molar-refractivity contribution is -0.0756. The minimum absolute atomic E-state index is 0.0659. The minimum Gasteiger partial charge on any atom is -0.496 e. The van der Waals surface area contributed by atoms with Crippen molar-refractivity contribution in [3.63, 3.8) is 0 Å². The molecule has 7 heteroatoms. The molecule has 0 saturated carbocycles. The maximum atomic E-state index is 12.7. The number of nitrogens with two attached hydrogens (primary N) is 1. The molecule has 25 heavy (non-hydrogen) atoms. The van der Waals surface area contributed by atoms with Crippen molar-refractivity contribution >= 4 is 11.6 Å². The van der Waals surface area contributed by atoms with Gasteiger partial charge in [0, 0.05) is 25.4 Å². The topological polar surface area (TPSA) is 83.2 Å². The summed E-state index contributed by atoms with van der Waals surface area (Å²) in [5.41, 5.74) is 7.97. The summed E-state index contributed by atoms with van der Waals surface area (Å²) in [5.74, 6) is 0.751. The zero-order valence-electron chi connectivity index (χ0n) is 14.7. The molecule has 0 aliphatic heterocycles. The van der Waals surface area contributed by atoms with Crippen molar-refractivity contribution in [2.45, 2.75) is 0 Å². The van der Waals surface area contributed by atoms with Gasteiger partial charge in [-0.2, -0.15) is 0 Å². The van der Waals surface area contributed by atoms with Crippen molar-refractivity contribution in [2.75, 3.05) is 40.9 Å². The van der Waals surface area contributed by atoms with Gasteiger partial charge in [-0.05, 0) is 24.3 Å². The van der Waals surface area contributed by atoms with Crippen LogP contribution in [0, 0.1) is 0 Å². The Labute approximate surface area is 146 Å². The van der Waals surface area contributed by atoms with E-state index in [0.29, 0.717) is 33.9 Å². The maximum Gasteiger partial charge on any atom is 0.277 e. The largest absolute Gasteiger partial charge is 0.496 e. The van der Waals surface area contributed by atoms with Gasteiger partial charge in [-0.3, -0.25) is 9.63 Å². The molecule has 0 unspecified atom stereocenters. The van der Waals surface area contributed by atoms with Crippen molar-refractivity contribution in [3.05, 3.63) is 42.0 Å². The fraction of sp³-hybridized carbons (Fsp3) is 0.278. The molecule has 0 atom stereocenters. The first-order valence-electron chi connectivity index (χ1n) is 7.54. The van der Waals surface area contributed by atoms with Crippen LogP contribution in [-0.4, -0.2) is 46.1 Å². The Morgan fingerprint density at radius 3 is 2.48 bits per heavy atom. The molecule has 0 spiro atoms. The molecule has 0 aliphatic carbocycles. The Bertz CT molecular complexity index is 748. The number of hydroxylamine groups is 2. The molecule has 0 aliphatic rings. The van der Waals surface area contributed by atoms with Crippen LogP contribution >= 0.6 is 0 Å². The molecule has 0 saturated heterocycles. The summed E-state index contributed by atoms with van der Waals surface area (Å²) in [5, 5.41) is 1.13. The van der Waals surface area contributed by atoms with Crippen LogP contribution in [0.2, 0.25) is 0 Å². The van der Waals surface area contributed by atoms with Gasteiger partial charge in [-0.1, -0.05) is 12.1 Å². The van der Waals surface area contributed by atoms with Gasteiger partial charge in [0.1, 0.15) is 11.5 Å². The molecule has 2 N–H and O–H groups in total. The van der Waals surface area contributed by atoms with E-state index in [1.807, 2.05) is 0 Å². The average molecular weight is 346 g/mol. The Kier molecular flexibility index (Phi) is 6.21. The normalized spacial score (nSPS) is 10.4. The zero-order chi connectivity index (χ0) is 18.4. The number of anilines is 1. The summed E-state index contributed by atoms with van der Waals surface area (Å²) in [4.78, 5) is 17.7. The third-order valence-electron chi connectivity index (χ3n) is 3.64. The van der Waals surface area contributed by atoms with Crippen LogP contribution in [0.25, 0.3) is 11.1 Å². The van der Waals surface area contributed by atoms with Crippen LogP contribution in [0.15, 0.2) is 36.4 Å². The third kappa shape index (κ3) is 4.01. The number of ether oxygens (including phenoxy) is 3. The second-order valence-corrected chi connectivity index (χ2v) is 5.17. The highest BCUT2D eigenvalue weighted by Crippen LogP contribution is 2.40. The van der Waals surface area contributed by atoms with E-state index in [9.17, 15) is 4.79 Å². The molecule has 7 nitrogen and oxygen atoms in total. The number of amides is 1. The SMILES string of the molecule is COCOc1cccc(OC)c1-c1ccc(N)cc1C(=O)N(C)OC. The van der Waals surface area contributed by atoms with Gasteiger partial charge in [0.2, 0.25) is 0 Å². The zero-order valence-corrected chi connectivity index (χ0v) is 14.7. The monoisotopic (exact) mass is 346 g/mol. The second-order valence-electron chi connectivity index (χ2n) is 5.17. The molecule has 2 aromatic rings. The number of hydrogen-bond donors (Lipinski definition) is 1. The maximum absolute atomic E-state index is 12.7. The minimum atomic E-state index is -0.339. The molecule has 0 aromatic heterocycles. The molecule has 134 valence electrons. The van der Waals surface area contributed by atoms with Crippen molar-refractivity contribution in [1.82, 2.24) is 5.06 Å². The molecular weight excluding hydrogens is 324 g/mol. The summed E-state index contributed by atoms with van der Waals surface area (Å²) in [6.07, 6.45) is 0. The van der Waals surface area contributed by atoms with Gasteiger partial charge in [-0.25, -0.2) is 5.06 Å². The summed E-state index contributed by atoms with van der Waals surface area (Å²) < 4.78 is 16.1. The number of nitrogens with zero attached hydrogens (tertiary/aromatic N) is 1. The van der Waals surface area contributed by atoms with Crippen molar-refractivity contribution in [1.29, 1.82) is 0 Å². The fourth-order valence-electron chi connectivity index (χ4n) is 2.40. The average Bonchev–Trinajstić information content (AvgIpc) is 2.64. The first-order valence-corrected chi connectivity index (χ1v) is 7.54. The lowest BCUT2D eigenvalue weighted by atomic mass is 9.96. The lowest BCUT2D eigenvalue weighted by Gasteiger charge is -2.20. The predicted octanol–water partition coefficient (Wildman–Crippen LogP) is 2.56. The smallest absolute Gasteiger partial charge is 0.277 e. The predicted molar refractivity (Wildman–Crippen MR) is 94.4 cm³/mol. The summed E-state index contributed by atoms with van der Waals surface area (Å²) >= 11 is 0. The van der Waals surface area contributed by atoms with Gasteiger partial charge in [0.05, 0.1) is 25.3 Å². The quantitative estimate of drug-likeness (QED) is 0.471. The van der Waals surface area contributed by atoms with E-state index < -0.39 is 0 Å². The number of rotatable bonds is 7. The van der Waals surface area contributed by atoms with E-state index >= 15 is 0 Å².